The number of aromatic nitrogens is 2. The minimum Gasteiger partial charge on any atom is -0.447 e. The molecule has 1 N–H and O–H groups in total. The Morgan fingerprint density at radius 2 is 1.58 bits per heavy atom. The Hall–Kier alpha value is -4.19. The van der Waals surface area contributed by atoms with Crippen molar-refractivity contribution in [2.45, 2.75) is 19.0 Å². The molecule has 4 aromatic rings. The van der Waals surface area contributed by atoms with Gasteiger partial charge in [-0.05, 0) is 35.2 Å². The van der Waals surface area contributed by atoms with E-state index in [1.165, 1.54) is 11.1 Å². The van der Waals surface area contributed by atoms with Crippen LogP contribution >= 0.6 is 0 Å². The van der Waals surface area contributed by atoms with Gasteiger partial charge >= 0.3 is 6.09 Å². The number of ether oxygens (including phenoxy) is 1. The van der Waals surface area contributed by atoms with E-state index in [1.54, 1.807) is 17.2 Å². The number of benzene rings is 3. The van der Waals surface area contributed by atoms with Crippen LogP contribution in [0.3, 0.4) is 0 Å². The van der Waals surface area contributed by atoms with Gasteiger partial charge in [0.2, 0.25) is 5.95 Å². The Balaban J connectivity index is 1.33. The van der Waals surface area contributed by atoms with E-state index in [9.17, 15) is 4.79 Å². The molecule has 33 heavy (non-hydrogen) atoms. The standard InChI is InChI=1S/C27H24N4O2/c1-19(20-12-14-22(15-13-20)21-8-4-2-5-9-21)29-26-28-17-16-25(30-26)31-24(18-33-27(31)32)23-10-6-3-7-11-23/h2-17,19,24H,18H2,1H3,(H,28,29,30)/t19-,24?/m1/s1. The first-order valence-electron chi connectivity index (χ1n) is 10.9. The summed E-state index contributed by atoms with van der Waals surface area (Å²) in [5, 5.41) is 3.35. The molecule has 5 rings (SSSR count). The van der Waals surface area contributed by atoms with Crippen molar-refractivity contribution in [3.8, 4) is 11.1 Å². The van der Waals surface area contributed by atoms with Crippen molar-refractivity contribution in [1.82, 2.24) is 9.97 Å². The normalized spacial score (nSPS) is 16.3. The largest absolute Gasteiger partial charge is 0.447 e. The molecule has 0 saturated carbocycles. The van der Waals surface area contributed by atoms with Gasteiger partial charge in [0.15, 0.2) is 0 Å². The summed E-state index contributed by atoms with van der Waals surface area (Å²) in [5.41, 5.74) is 4.48. The lowest BCUT2D eigenvalue weighted by molar-refractivity contribution is 0.179. The molecular weight excluding hydrogens is 412 g/mol. The molecule has 3 aromatic carbocycles. The van der Waals surface area contributed by atoms with E-state index in [0.29, 0.717) is 18.4 Å². The van der Waals surface area contributed by atoms with Crippen molar-refractivity contribution < 1.29 is 9.53 Å². The van der Waals surface area contributed by atoms with E-state index in [0.717, 1.165) is 11.1 Å². The van der Waals surface area contributed by atoms with Crippen LogP contribution in [0.4, 0.5) is 16.6 Å². The molecule has 6 nitrogen and oxygen atoms in total. The maximum atomic E-state index is 12.5. The summed E-state index contributed by atoms with van der Waals surface area (Å²) in [7, 11) is 0. The van der Waals surface area contributed by atoms with Crippen molar-refractivity contribution in [3.63, 3.8) is 0 Å². The first-order chi connectivity index (χ1) is 16.2. The fourth-order valence-electron chi connectivity index (χ4n) is 4.02. The Kier molecular flexibility index (Phi) is 5.72. The minimum absolute atomic E-state index is 0.0134. The summed E-state index contributed by atoms with van der Waals surface area (Å²) in [5.74, 6) is 0.967. The highest BCUT2D eigenvalue weighted by atomic mass is 16.6. The van der Waals surface area contributed by atoms with Gasteiger partial charge in [-0.15, -0.1) is 0 Å². The van der Waals surface area contributed by atoms with Crippen molar-refractivity contribution in [2.24, 2.45) is 0 Å². The lowest BCUT2D eigenvalue weighted by Crippen LogP contribution is -2.28. The Labute approximate surface area is 192 Å². The third-order valence-electron chi connectivity index (χ3n) is 5.81. The molecule has 164 valence electrons. The number of cyclic esters (lactones) is 1. The predicted octanol–water partition coefficient (Wildman–Crippen LogP) is 6.01. The van der Waals surface area contributed by atoms with Crippen LogP contribution in [0, 0.1) is 0 Å². The van der Waals surface area contributed by atoms with Gasteiger partial charge < -0.3 is 10.1 Å². The summed E-state index contributed by atoms with van der Waals surface area (Å²) < 4.78 is 5.33. The minimum atomic E-state index is -0.405. The van der Waals surface area contributed by atoms with E-state index < -0.39 is 6.09 Å². The SMILES string of the molecule is C[C@@H](Nc1nccc(N2C(=O)OCC2c2ccccc2)n1)c1ccc(-c2ccccc2)cc1. The smallest absolute Gasteiger partial charge is 0.416 e. The van der Waals surface area contributed by atoms with Gasteiger partial charge in [-0.1, -0.05) is 84.9 Å². The lowest BCUT2D eigenvalue weighted by atomic mass is 10.0. The molecule has 1 amide bonds. The van der Waals surface area contributed by atoms with Crippen LogP contribution in [0.2, 0.25) is 0 Å². The molecule has 0 aliphatic carbocycles. The van der Waals surface area contributed by atoms with E-state index in [2.05, 4.69) is 58.6 Å². The molecule has 1 saturated heterocycles. The molecule has 1 fully saturated rings. The molecule has 6 heteroatoms. The molecule has 0 bridgehead atoms. The van der Waals surface area contributed by atoms with Crippen LogP contribution in [-0.2, 0) is 4.74 Å². The fraction of sp³-hybridized carbons (Fsp3) is 0.148. The van der Waals surface area contributed by atoms with Crippen LogP contribution in [0.25, 0.3) is 11.1 Å². The van der Waals surface area contributed by atoms with Gasteiger partial charge in [-0.3, -0.25) is 4.90 Å². The molecule has 0 spiro atoms. The second kappa shape index (κ2) is 9.12. The number of nitrogens with zero attached hydrogens (tertiary/aromatic N) is 3. The van der Waals surface area contributed by atoms with Gasteiger partial charge in [-0.2, -0.15) is 4.98 Å². The summed E-state index contributed by atoms with van der Waals surface area (Å²) in [6.07, 6.45) is 1.25. The molecular formula is C27H24N4O2. The molecule has 2 atom stereocenters. The second-order valence-electron chi connectivity index (χ2n) is 7.97. The highest BCUT2D eigenvalue weighted by Crippen LogP contribution is 2.32. The summed E-state index contributed by atoms with van der Waals surface area (Å²) in [4.78, 5) is 23.0. The number of amides is 1. The van der Waals surface area contributed by atoms with Crippen molar-refractivity contribution in [1.29, 1.82) is 0 Å². The molecule has 0 radical (unpaired) electrons. The van der Waals surface area contributed by atoms with Crippen molar-refractivity contribution in [2.75, 3.05) is 16.8 Å². The Bertz CT molecular complexity index is 1230. The van der Waals surface area contributed by atoms with E-state index in [4.69, 9.17) is 4.74 Å². The van der Waals surface area contributed by atoms with Crippen molar-refractivity contribution in [3.05, 3.63) is 108 Å². The quantitative estimate of drug-likeness (QED) is 0.401. The van der Waals surface area contributed by atoms with Crippen molar-refractivity contribution >= 4 is 17.9 Å². The molecule has 1 unspecified atom stereocenters. The zero-order valence-electron chi connectivity index (χ0n) is 18.3. The van der Waals surface area contributed by atoms with Crippen LogP contribution in [0.1, 0.15) is 30.1 Å². The highest BCUT2D eigenvalue weighted by molar-refractivity contribution is 5.89. The van der Waals surface area contributed by atoms with E-state index in [-0.39, 0.29) is 12.1 Å². The number of hydrogen-bond acceptors (Lipinski definition) is 5. The number of carbonyl (C=O) groups excluding carboxylic acids is 1. The van der Waals surface area contributed by atoms with E-state index in [1.807, 2.05) is 48.5 Å². The topological polar surface area (TPSA) is 67.4 Å². The number of nitrogens with one attached hydrogen (secondary N) is 1. The zero-order chi connectivity index (χ0) is 22.6. The van der Waals surface area contributed by atoms with Gasteiger partial charge in [-0.25, -0.2) is 9.78 Å². The Morgan fingerprint density at radius 1 is 0.909 bits per heavy atom. The van der Waals surface area contributed by atoms with Gasteiger partial charge in [0.25, 0.3) is 0 Å². The highest BCUT2D eigenvalue weighted by Gasteiger charge is 2.36. The summed E-state index contributed by atoms with van der Waals surface area (Å²) in [6, 6.07) is 30.1. The first-order valence-corrected chi connectivity index (χ1v) is 10.9. The average molecular weight is 437 g/mol. The number of anilines is 2. The molecule has 1 aliphatic heterocycles. The van der Waals surface area contributed by atoms with Crippen LogP contribution < -0.4 is 10.2 Å². The lowest BCUT2D eigenvalue weighted by Gasteiger charge is -2.21. The number of rotatable bonds is 6. The van der Waals surface area contributed by atoms with Gasteiger partial charge in [0, 0.05) is 6.20 Å². The summed E-state index contributed by atoms with van der Waals surface area (Å²) >= 11 is 0. The second-order valence-corrected chi connectivity index (χ2v) is 7.97. The van der Waals surface area contributed by atoms with Gasteiger partial charge in [0.1, 0.15) is 18.5 Å². The van der Waals surface area contributed by atoms with Crippen LogP contribution in [0.5, 0.6) is 0 Å². The monoisotopic (exact) mass is 436 g/mol. The third kappa shape index (κ3) is 4.41. The van der Waals surface area contributed by atoms with E-state index >= 15 is 0 Å². The first kappa shape index (κ1) is 20.7. The molecule has 1 aliphatic rings. The molecule has 1 aromatic heterocycles. The predicted molar refractivity (Wildman–Crippen MR) is 129 cm³/mol. The number of carbonyl (C=O) groups is 1. The summed E-state index contributed by atoms with van der Waals surface area (Å²) in [6.45, 7) is 2.35. The molecule has 2 heterocycles. The maximum absolute atomic E-state index is 12.5. The average Bonchev–Trinajstić information content (AvgIpc) is 3.27. The Morgan fingerprint density at radius 3 is 2.30 bits per heavy atom. The van der Waals surface area contributed by atoms with Gasteiger partial charge in [0.05, 0.1) is 6.04 Å². The van der Waals surface area contributed by atoms with Crippen LogP contribution in [0.15, 0.2) is 97.2 Å². The fourth-order valence-corrected chi connectivity index (χ4v) is 4.02. The number of hydrogen-bond donors (Lipinski definition) is 1. The zero-order valence-corrected chi connectivity index (χ0v) is 18.3. The third-order valence-corrected chi connectivity index (χ3v) is 5.81. The van der Waals surface area contributed by atoms with Crippen LogP contribution in [-0.4, -0.2) is 22.7 Å². The maximum Gasteiger partial charge on any atom is 0.416 e.